The summed E-state index contributed by atoms with van der Waals surface area (Å²) in [4.78, 5) is 6.42. The third kappa shape index (κ3) is 3.73. The molecule has 1 aromatic rings. The Hall–Kier alpha value is -0.530. The highest BCUT2D eigenvalue weighted by Crippen LogP contribution is 2.19. The Labute approximate surface area is 125 Å². The fourth-order valence-electron chi connectivity index (χ4n) is 1.71. The lowest BCUT2D eigenvalue weighted by molar-refractivity contribution is 0.0674. The van der Waals surface area contributed by atoms with E-state index in [9.17, 15) is 0 Å². The fraction of sp³-hybridized carbons (Fsp3) is 0.417. The maximum atomic E-state index is 6.15. The fourth-order valence-corrected chi connectivity index (χ4v) is 2.62. The predicted molar refractivity (Wildman–Crippen MR) is 81.9 cm³/mol. The molecule has 0 saturated carbocycles. The van der Waals surface area contributed by atoms with E-state index in [4.69, 9.17) is 22.1 Å². The van der Waals surface area contributed by atoms with E-state index in [1.54, 1.807) is 0 Å². The average Bonchev–Trinajstić information content (AvgIpc) is 2.38. The van der Waals surface area contributed by atoms with Crippen molar-refractivity contribution in [1.29, 1.82) is 0 Å². The molecule has 0 aromatic heterocycles. The van der Waals surface area contributed by atoms with E-state index in [0.717, 1.165) is 27.2 Å². The summed E-state index contributed by atoms with van der Waals surface area (Å²) in [6, 6.07) is 5.93. The summed E-state index contributed by atoms with van der Waals surface area (Å²) in [5, 5.41) is 0.737. The molecule has 0 spiro atoms. The molecular weight excluding hydrogens is 365 g/mol. The lowest BCUT2D eigenvalue weighted by atomic mass is 10.2. The third-order valence-electron chi connectivity index (χ3n) is 2.76. The van der Waals surface area contributed by atoms with Gasteiger partial charge in [0.05, 0.1) is 19.8 Å². The SMILES string of the molecule is NC(=NCc1ccc(I)cc1Cl)N1CCOCC1. The van der Waals surface area contributed by atoms with Crippen molar-refractivity contribution in [2.24, 2.45) is 10.7 Å². The van der Waals surface area contributed by atoms with Crippen LogP contribution in [0.2, 0.25) is 5.02 Å². The number of hydrogen-bond acceptors (Lipinski definition) is 2. The molecule has 1 aliphatic rings. The van der Waals surface area contributed by atoms with Gasteiger partial charge in [-0.2, -0.15) is 0 Å². The lowest BCUT2D eigenvalue weighted by Crippen LogP contribution is -2.44. The second kappa shape index (κ2) is 6.58. The number of nitrogens with two attached hydrogens (primary N) is 1. The van der Waals surface area contributed by atoms with Crippen LogP contribution in [0.1, 0.15) is 5.56 Å². The number of nitrogens with zero attached hydrogens (tertiary/aromatic N) is 2. The zero-order chi connectivity index (χ0) is 13.0. The van der Waals surface area contributed by atoms with Gasteiger partial charge in [-0.05, 0) is 40.3 Å². The summed E-state index contributed by atoms with van der Waals surface area (Å²) in [5.41, 5.74) is 6.95. The molecule has 18 heavy (non-hydrogen) atoms. The molecule has 0 bridgehead atoms. The standard InChI is InChI=1S/C12H15ClIN3O/c13-11-7-10(14)2-1-9(11)8-16-12(15)17-3-5-18-6-4-17/h1-2,7H,3-6,8H2,(H2,15,16). The smallest absolute Gasteiger partial charge is 0.191 e. The van der Waals surface area contributed by atoms with Gasteiger partial charge in [0.25, 0.3) is 0 Å². The van der Waals surface area contributed by atoms with Crippen molar-refractivity contribution in [1.82, 2.24) is 4.90 Å². The van der Waals surface area contributed by atoms with Gasteiger partial charge in [0.15, 0.2) is 5.96 Å². The zero-order valence-corrected chi connectivity index (χ0v) is 12.8. The molecule has 1 aliphatic heterocycles. The van der Waals surface area contributed by atoms with Crippen LogP contribution in [0.15, 0.2) is 23.2 Å². The maximum absolute atomic E-state index is 6.15. The molecule has 0 aliphatic carbocycles. The molecule has 1 heterocycles. The molecule has 2 N–H and O–H groups in total. The van der Waals surface area contributed by atoms with Crippen LogP contribution >= 0.6 is 34.2 Å². The van der Waals surface area contributed by atoms with Gasteiger partial charge < -0.3 is 15.4 Å². The van der Waals surface area contributed by atoms with Crippen molar-refractivity contribution in [3.05, 3.63) is 32.4 Å². The van der Waals surface area contributed by atoms with Crippen molar-refractivity contribution in [3.8, 4) is 0 Å². The van der Waals surface area contributed by atoms with Gasteiger partial charge in [-0.15, -0.1) is 0 Å². The molecular formula is C12H15ClIN3O. The molecule has 0 amide bonds. The molecule has 1 saturated heterocycles. The van der Waals surface area contributed by atoms with Gasteiger partial charge in [-0.3, -0.25) is 0 Å². The second-order valence-corrected chi connectivity index (χ2v) is 5.66. The first-order chi connectivity index (χ1) is 8.66. The number of rotatable bonds is 2. The topological polar surface area (TPSA) is 50.8 Å². The van der Waals surface area contributed by atoms with Crippen LogP contribution in [-0.2, 0) is 11.3 Å². The van der Waals surface area contributed by atoms with Crippen molar-refractivity contribution in [2.75, 3.05) is 26.3 Å². The van der Waals surface area contributed by atoms with E-state index in [-0.39, 0.29) is 0 Å². The third-order valence-corrected chi connectivity index (χ3v) is 3.78. The maximum Gasteiger partial charge on any atom is 0.191 e. The zero-order valence-electron chi connectivity index (χ0n) is 9.90. The summed E-state index contributed by atoms with van der Waals surface area (Å²) >= 11 is 8.38. The van der Waals surface area contributed by atoms with E-state index in [1.165, 1.54) is 0 Å². The minimum Gasteiger partial charge on any atom is -0.378 e. The Morgan fingerprint density at radius 3 is 2.83 bits per heavy atom. The first kappa shape index (κ1) is 13.9. The molecule has 4 nitrogen and oxygen atoms in total. The first-order valence-electron chi connectivity index (χ1n) is 5.73. The van der Waals surface area contributed by atoms with Crippen LogP contribution in [0.5, 0.6) is 0 Å². The second-order valence-electron chi connectivity index (χ2n) is 4.01. The van der Waals surface area contributed by atoms with Crippen LogP contribution in [0.3, 0.4) is 0 Å². The Kier molecular flexibility index (Phi) is 5.08. The van der Waals surface area contributed by atoms with Crippen molar-refractivity contribution in [2.45, 2.75) is 6.54 Å². The Morgan fingerprint density at radius 1 is 1.44 bits per heavy atom. The Morgan fingerprint density at radius 2 is 2.17 bits per heavy atom. The largest absolute Gasteiger partial charge is 0.378 e. The first-order valence-corrected chi connectivity index (χ1v) is 7.19. The summed E-state index contributed by atoms with van der Waals surface area (Å²) in [6.07, 6.45) is 0. The van der Waals surface area contributed by atoms with Crippen LogP contribution < -0.4 is 5.73 Å². The van der Waals surface area contributed by atoms with E-state index in [1.807, 2.05) is 23.1 Å². The molecule has 1 aromatic carbocycles. The minimum absolute atomic E-state index is 0.513. The van der Waals surface area contributed by atoms with E-state index >= 15 is 0 Å². The number of halogens is 2. The van der Waals surface area contributed by atoms with Gasteiger partial charge in [0, 0.05) is 21.7 Å². The number of ether oxygens (including phenoxy) is 1. The molecule has 98 valence electrons. The predicted octanol–water partition coefficient (Wildman–Crippen LogP) is 2.09. The quantitative estimate of drug-likeness (QED) is 0.486. The van der Waals surface area contributed by atoms with Crippen LogP contribution in [-0.4, -0.2) is 37.2 Å². The van der Waals surface area contributed by atoms with Gasteiger partial charge in [0.2, 0.25) is 0 Å². The van der Waals surface area contributed by atoms with Gasteiger partial charge in [-0.1, -0.05) is 17.7 Å². The Bertz CT molecular complexity index is 447. The highest BCUT2D eigenvalue weighted by molar-refractivity contribution is 14.1. The van der Waals surface area contributed by atoms with Crippen molar-refractivity contribution < 1.29 is 4.74 Å². The minimum atomic E-state index is 0.513. The average molecular weight is 380 g/mol. The summed E-state index contributed by atoms with van der Waals surface area (Å²) < 4.78 is 6.39. The number of morpholine rings is 1. The normalized spacial score (nSPS) is 17.0. The Balaban J connectivity index is 2.00. The summed E-state index contributed by atoms with van der Waals surface area (Å²) in [6.45, 7) is 3.53. The highest BCUT2D eigenvalue weighted by Gasteiger charge is 2.12. The monoisotopic (exact) mass is 379 g/mol. The lowest BCUT2D eigenvalue weighted by Gasteiger charge is -2.27. The summed E-state index contributed by atoms with van der Waals surface area (Å²) in [5.74, 6) is 0.563. The van der Waals surface area contributed by atoms with E-state index in [0.29, 0.717) is 25.7 Å². The van der Waals surface area contributed by atoms with Gasteiger partial charge in [-0.25, -0.2) is 4.99 Å². The molecule has 0 unspecified atom stereocenters. The molecule has 2 rings (SSSR count). The molecule has 0 atom stereocenters. The number of aliphatic imine (C=N–C) groups is 1. The molecule has 6 heteroatoms. The van der Waals surface area contributed by atoms with Crippen molar-refractivity contribution in [3.63, 3.8) is 0 Å². The van der Waals surface area contributed by atoms with Crippen LogP contribution in [0.25, 0.3) is 0 Å². The van der Waals surface area contributed by atoms with Crippen LogP contribution in [0.4, 0.5) is 0 Å². The van der Waals surface area contributed by atoms with E-state index in [2.05, 4.69) is 27.6 Å². The number of guanidine groups is 1. The number of benzene rings is 1. The van der Waals surface area contributed by atoms with Crippen LogP contribution in [0, 0.1) is 3.57 Å². The van der Waals surface area contributed by atoms with Crippen molar-refractivity contribution >= 4 is 40.2 Å². The highest BCUT2D eigenvalue weighted by atomic mass is 127. The van der Waals surface area contributed by atoms with Gasteiger partial charge in [0.1, 0.15) is 0 Å². The molecule has 0 radical (unpaired) electrons. The number of hydrogen-bond donors (Lipinski definition) is 1. The van der Waals surface area contributed by atoms with E-state index < -0.39 is 0 Å². The summed E-state index contributed by atoms with van der Waals surface area (Å²) in [7, 11) is 0. The van der Waals surface area contributed by atoms with Gasteiger partial charge >= 0.3 is 0 Å². The molecule has 1 fully saturated rings.